The van der Waals surface area contributed by atoms with Gasteiger partial charge in [-0.3, -0.25) is 14.5 Å². The van der Waals surface area contributed by atoms with Crippen LogP contribution in [-0.4, -0.2) is 49.1 Å². The number of rotatable bonds is 6. The summed E-state index contributed by atoms with van der Waals surface area (Å²) >= 11 is 0. The fourth-order valence-electron chi connectivity index (χ4n) is 3.19. The average molecular weight is 296 g/mol. The van der Waals surface area contributed by atoms with E-state index in [1.807, 2.05) is 13.8 Å². The summed E-state index contributed by atoms with van der Waals surface area (Å²) in [4.78, 5) is 26.1. The van der Waals surface area contributed by atoms with Gasteiger partial charge >= 0.3 is 0 Å². The number of ether oxygens (including phenoxy) is 1. The Morgan fingerprint density at radius 3 is 2.52 bits per heavy atom. The molecule has 0 saturated carbocycles. The van der Waals surface area contributed by atoms with Crippen LogP contribution in [0.25, 0.3) is 0 Å². The fourth-order valence-corrected chi connectivity index (χ4v) is 3.19. The first-order chi connectivity index (χ1) is 9.93. The Hall–Kier alpha value is -0.940. The summed E-state index contributed by atoms with van der Waals surface area (Å²) in [5, 5.41) is 3.49. The van der Waals surface area contributed by atoms with Gasteiger partial charge < -0.3 is 10.1 Å². The average Bonchev–Trinajstić information content (AvgIpc) is 2.89. The third-order valence-corrected chi connectivity index (χ3v) is 4.43. The van der Waals surface area contributed by atoms with Crippen LogP contribution in [0.2, 0.25) is 0 Å². The number of carbonyl (C=O) groups is 2. The lowest BCUT2D eigenvalue weighted by Gasteiger charge is -2.37. The molecule has 2 atom stereocenters. The molecule has 2 heterocycles. The maximum atomic E-state index is 12.3. The minimum Gasteiger partial charge on any atom is -0.381 e. The quantitative estimate of drug-likeness (QED) is 0.756. The van der Waals surface area contributed by atoms with Crippen molar-refractivity contribution < 1.29 is 14.3 Å². The molecule has 21 heavy (non-hydrogen) atoms. The van der Waals surface area contributed by atoms with E-state index in [9.17, 15) is 9.59 Å². The Labute approximate surface area is 127 Å². The van der Waals surface area contributed by atoms with Crippen molar-refractivity contribution in [3.63, 3.8) is 0 Å². The van der Waals surface area contributed by atoms with Crippen molar-refractivity contribution in [2.75, 3.05) is 26.3 Å². The van der Waals surface area contributed by atoms with Crippen LogP contribution < -0.4 is 5.32 Å². The Bertz CT molecular complexity index is 369. The van der Waals surface area contributed by atoms with E-state index in [1.165, 1.54) is 4.90 Å². The molecule has 2 amide bonds. The summed E-state index contributed by atoms with van der Waals surface area (Å²) in [6.45, 7) is 8.99. The Morgan fingerprint density at radius 2 is 2.00 bits per heavy atom. The van der Waals surface area contributed by atoms with Crippen LogP contribution in [0.1, 0.15) is 46.5 Å². The van der Waals surface area contributed by atoms with Gasteiger partial charge in [0.1, 0.15) is 0 Å². The summed E-state index contributed by atoms with van der Waals surface area (Å²) in [7, 11) is 0. The molecule has 0 spiro atoms. The number of piperidine rings is 1. The summed E-state index contributed by atoms with van der Waals surface area (Å²) in [5.41, 5.74) is -0.201. The highest BCUT2D eigenvalue weighted by atomic mass is 16.5. The maximum Gasteiger partial charge on any atom is 0.229 e. The lowest BCUT2D eigenvalue weighted by atomic mass is 9.81. The van der Waals surface area contributed by atoms with Gasteiger partial charge in [0.05, 0.1) is 6.61 Å². The normalized spacial score (nSPS) is 27.2. The topological polar surface area (TPSA) is 58.6 Å². The Morgan fingerprint density at radius 1 is 1.33 bits per heavy atom. The Kier molecular flexibility index (Phi) is 5.38. The van der Waals surface area contributed by atoms with Crippen molar-refractivity contribution in [1.29, 1.82) is 0 Å². The zero-order valence-electron chi connectivity index (χ0n) is 13.5. The monoisotopic (exact) mass is 296 g/mol. The van der Waals surface area contributed by atoms with Crippen LogP contribution in [0.3, 0.4) is 0 Å². The van der Waals surface area contributed by atoms with Gasteiger partial charge in [0.15, 0.2) is 0 Å². The van der Waals surface area contributed by atoms with Crippen LogP contribution >= 0.6 is 0 Å². The van der Waals surface area contributed by atoms with Gasteiger partial charge in [0, 0.05) is 38.0 Å². The van der Waals surface area contributed by atoms with E-state index < -0.39 is 0 Å². The number of hydrogen-bond acceptors (Lipinski definition) is 4. The van der Waals surface area contributed by atoms with E-state index in [-0.39, 0.29) is 23.3 Å². The molecule has 0 aromatic heterocycles. The second-order valence-electron chi connectivity index (χ2n) is 7.10. The highest BCUT2D eigenvalue weighted by Gasteiger charge is 2.39. The summed E-state index contributed by atoms with van der Waals surface area (Å²) in [6, 6.07) is 0.154. The molecule has 0 radical (unpaired) electrons. The van der Waals surface area contributed by atoms with Gasteiger partial charge in [-0.2, -0.15) is 0 Å². The molecule has 0 bridgehead atoms. The molecule has 2 fully saturated rings. The van der Waals surface area contributed by atoms with Crippen molar-refractivity contribution in [1.82, 2.24) is 10.2 Å². The van der Waals surface area contributed by atoms with Crippen molar-refractivity contribution in [2.45, 2.75) is 52.5 Å². The standard InChI is InChI=1S/C16H28N2O3/c1-4-6-17-13(12-5-7-21-11-12)10-18-14(19)8-16(2,3)9-15(18)20/h12-13,17H,4-11H2,1-3H3. The summed E-state index contributed by atoms with van der Waals surface area (Å²) in [5.74, 6) is 0.337. The summed E-state index contributed by atoms with van der Waals surface area (Å²) < 4.78 is 5.47. The molecule has 2 unspecified atom stereocenters. The first-order valence-corrected chi connectivity index (χ1v) is 8.07. The lowest BCUT2D eigenvalue weighted by Crippen LogP contribution is -2.53. The van der Waals surface area contributed by atoms with E-state index in [0.717, 1.165) is 32.6 Å². The molecular formula is C16H28N2O3. The third-order valence-electron chi connectivity index (χ3n) is 4.43. The molecule has 1 N–H and O–H groups in total. The van der Waals surface area contributed by atoms with Crippen LogP contribution in [0.15, 0.2) is 0 Å². The van der Waals surface area contributed by atoms with Crippen molar-refractivity contribution in [2.24, 2.45) is 11.3 Å². The number of nitrogens with one attached hydrogen (secondary N) is 1. The molecule has 5 heteroatoms. The molecule has 0 aromatic carbocycles. The molecule has 2 aliphatic heterocycles. The van der Waals surface area contributed by atoms with Gasteiger partial charge in [0.25, 0.3) is 0 Å². The first kappa shape index (κ1) is 16.4. The summed E-state index contributed by atoms with van der Waals surface area (Å²) in [6.07, 6.45) is 2.96. The predicted molar refractivity (Wildman–Crippen MR) is 80.7 cm³/mol. The minimum atomic E-state index is -0.201. The van der Waals surface area contributed by atoms with Gasteiger partial charge in [0.2, 0.25) is 11.8 Å². The number of amides is 2. The molecule has 0 aliphatic carbocycles. The minimum absolute atomic E-state index is 0.0292. The number of imide groups is 1. The van der Waals surface area contributed by atoms with Gasteiger partial charge in [-0.05, 0) is 24.8 Å². The number of carbonyl (C=O) groups excluding carboxylic acids is 2. The number of likely N-dealkylation sites (tertiary alicyclic amines) is 1. The highest BCUT2D eigenvalue weighted by Crippen LogP contribution is 2.32. The van der Waals surface area contributed by atoms with Crippen molar-refractivity contribution in [3.8, 4) is 0 Å². The smallest absolute Gasteiger partial charge is 0.229 e. The lowest BCUT2D eigenvalue weighted by molar-refractivity contribution is -0.153. The fraction of sp³-hybridized carbons (Fsp3) is 0.875. The highest BCUT2D eigenvalue weighted by molar-refractivity contribution is 5.98. The molecule has 0 aromatic rings. The van der Waals surface area contributed by atoms with E-state index in [2.05, 4.69) is 12.2 Å². The SMILES string of the molecule is CCCNC(CN1C(=O)CC(C)(C)CC1=O)C1CCOC1. The predicted octanol–water partition coefficient (Wildman–Crippen LogP) is 1.57. The zero-order valence-corrected chi connectivity index (χ0v) is 13.5. The van der Waals surface area contributed by atoms with Crippen molar-refractivity contribution in [3.05, 3.63) is 0 Å². The molecule has 2 saturated heterocycles. The van der Waals surface area contributed by atoms with Gasteiger partial charge in [-0.25, -0.2) is 0 Å². The van der Waals surface area contributed by atoms with Gasteiger partial charge in [-0.1, -0.05) is 20.8 Å². The number of hydrogen-bond donors (Lipinski definition) is 1. The van der Waals surface area contributed by atoms with Crippen LogP contribution in [-0.2, 0) is 14.3 Å². The second kappa shape index (κ2) is 6.88. The van der Waals surface area contributed by atoms with Crippen LogP contribution in [0, 0.1) is 11.3 Å². The Balaban J connectivity index is 2.01. The van der Waals surface area contributed by atoms with Gasteiger partial charge in [-0.15, -0.1) is 0 Å². The maximum absolute atomic E-state index is 12.3. The molecule has 2 rings (SSSR count). The second-order valence-corrected chi connectivity index (χ2v) is 7.10. The third kappa shape index (κ3) is 4.27. The van der Waals surface area contributed by atoms with E-state index >= 15 is 0 Å². The number of nitrogens with zero attached hydrogens (tertiary/aromatic N) is 1. The van der Waals surface area contributed by atoms with Crippen LogP contribution in [0.4, 0.5) is 0 Å². The van der Waals surface area contributed by atoms with E-state index in [0.29, 0.717) is 25.3 Å². The van der Waals surface area contributed by atoms with Crippen molar-refractivity contribution >= 4 is 11.8 Å². The van der Waals surface area contributed by atoms with E-state index in [4.69, 9.17) is 4.74 Å². The van der Waals surface area contributed by atoms with E-state index in [1.54, 1.807) is 0 Å². The van der Waals surface area contributed by atoms with Crippen LogP contribution in [0.5, 0.6) is 0 Å². The first-order valence-electron chi connectivity index (χ1n) is 8.07. The molecule has 120 valence electrons. The molecule has 5 nitrogen and oxygen atoms in total. The largest absolute Gasteiger partial charge is 0.381 e. The molecular weight excluding hydrogens is 268 g/mol. The zero-order chi connectivity index (χ0) is 15.5. The molecule has 2 aliphatic rings.